The zero-order valence-corrected chi connectivity index (χ0v) is 15.4. The number of nitrogens with one attached hydrogen (secondary N) is 1. The van der Waals surface area contributed by atoms with Gasteiger partial charge in [-0.3, -0.25) is 4.79 Å². The van der Waals surface area contributed by atoms with Crippen LogP contribution in [-0.4, -0.2) is 18.6 Å². The van der Waals surface area contributed by atoms with E-state index < -0.39 is 6.10 Å². The molecule has 25 heavy (non-hydrogen) atoms. The minimum Gasteiger partial charge on any atom is -0.494 e. The van der Waals surface area contributed by atoms with Crippen molar-refractivity contribution in [3.63, 3.8) is 0 Å². The second kappa shape index (κ2) is 9.11. The van der Waals surface area contributed by atoms with Gasteiger partial charge in [-0.05, 0) is 49.1 Å². The molecule has 134 valence electrons. The van der Waals surface area contributed by atoms with Crippen LogP contribution in [0.2, 0.25) is 0 Å². The molecule has 0 radical (unpaired) electrons. The van der Waals surface area contributed by atoms with E-state index in [-0.39, 0.29) is 5.91 Å². The Bertz CT molecular complexity index is 680. The van der Waals surface area contributed by atoms with Crippen molar-refractivity contribution >= 4 is 5.91 Å². The highest BCUT2D eigenvalue weighted by Crippen LogP contribution is 2.26. The minimum absolute atomic E-state index is 0.132. The Morgan fingerprint density at radius 2 is 1.72 bits per heavy atom. The molecule has 4 nitrogen and oxygen atoms in total. The van der Waals surface area contributed by atoms with Crippen LogP contribution in [0.15, 0.2) is 48.5 Å². The van der Waals surface area contributed by atoms with Crippen molar-refractivity contribution in [2.45, 2.75) is 46.3 Å². The number of carbonyl (C=O) groups excluding carboxylic acids is 1. The summed E-state index contributed by atoms with van der Waals surface area (Å²) in [5.41, 5.74) is 2.13. The van der Waals surface area contributed by atoms with Gasteiger partial charge in [-0.1, -0.05) is 44.2 Å². The van der Waals surface area contributed by atoms with Crippen LogP contribution in [0.1, 0.15) is 44.7 Å². The first kappa shape index (κ1) is 18.8. The summed E-state index contributed by atoms with van der Waals surface area (Å²) in [5, 5.41) is 2.91. The molecule has 0 saturated heterocycles. The van der Waals surface area contributed by atoms with E-state index in [0.29, 0.717) is 19.1 Å². The monoisotopic (exact) mass is 341 g/mol. The molecule has 0 saturated carbocycles. The van der Waals surface area contributed by atoms with Crippen molar-refractivity contribution in [2.24, 2.45) is 0 Å². The molecule has 1 N–H and O–H groups in total. The highest BCUT2D eigenvalue weighted by Gasteiger charge is 2.16. The molecule has 4 heteroatoms. The molecular weight excluding hydrogens is 314 g/mol. The van der Waals surface area contributed by atoms with Gasteiger partial charge in [0.15, 0.2) is 6.10 Å². The Morgan fingerprint density at radius 1 is 1.04 bits per heavy atom. The lowest BCUT2D eigenvalue weighted by molar-refractivity contribution is -0.127. The Morgan fingerprint density at radius 3 is 2.36 bits per heavy atom. The van der Waals surface area contributed by atoms with Crippen LogP contribution in [0.5, 0.6) is 11.5 Å². The van der Waals surface area contributed by atoms with Gasteiger partial charge in [-0.15, -0.1) is 0 Å². The minimum atomic E-state index is -0.553. The number of hydrogen-bond donors (Lipinski definition) is 1. The van der Waals surface area contributed by atoms with Crippen molar-refractivity contribution in [3.8, 4) is 11.5 Å². The smallest absolute Gasteiger partial charge is 0.261 e. The largest absolute Gasteiger partial charge is 0.494 e. The predicted molar refractivity (Wildman–Crippen MR) is 100 cm³/mol. The van der Waals surface area contributed by atoms with Crippen molar-refractivity contribution in [2.75, 3.05) is 6.61 Å². The summed E-state index contributed by atoms with van der Waals surface area (Å²) in [6, 6.07) is 15.6. The summed E-state index contributed by atoms with van der Waals surface area (Å²) in [6.07, 6.45) is -0.553. The fraction of sp³-hybridized carbons (Fsp3) is 0.381. The topological polar surface area (TPSA) is 47.6 Å². The average Bonchev–Trinajstić information content (AvgIpc) is 2.61. The van der Waals surface area contributed by atoms with Crippen LogP contribution in [-0.2, 0) is 11.3 Å². The third kappa shape index (κ3) is 5.52. The normalized spacial score (nSPS) is 11.9. The van der Waals surface area contributed by atoms with Crippen LogP contribution in [0.25, 0.3) is 0 Å². The molecule has 0 aromatic heterocycles. The molecule has 0 aliphatic heterocycles. The van der Waals surface area contributed by atoms with Gasteiger partial charge in [-0.25, -0.2) is 0 Å². The second-order valence-electron chi connectivity index (χ2n) is 6.25. The fourth-order valence-corrected chi connectivity index (χ4v) is 2.51. The van der Waals surface area contributed by atoms with E-state index in [1.165, 1.54) is 0 Å². The van der Waals surface area contributed by atoms with Crippen LogP contribution >= 0.6 is 0 Å². The predicted octanol–water partition coefficient (Wildman–Crippen LogP) is 4.29. The first-order valence-corrected chi connectivity index (χ1v) is 8.76. The molecule has 0 spiro atoms. The molecule has 0 aliphatic rings. The molecule has 0 heterocycles. The molecule has 0 bridgehead atoms. The fourth-order valence-electron chi connectivity index (χ4n) is 2.51. The van der Waals surface area contributed by atoms with E-state index in [2.05, 4.69) is 19.2 Å². The number of hydrogen-bond acceptors (Lipinski definition) is 3. The van der Waals surface area contributed by atoms with E-state index in [4.69, 9.17) is 9.47 Å². The van der Waals surface area contributed by atoms with Crippen LogP contribution < -0.4 is 14.8 Å². The SMILES string of the molecule is CCOc1ccc(CNC(=O)C(C)Oc2ccccc2C(C)C)cc1. The van der Waals surface area contributed by atoms with Crippen LogP contribution in [0, 0.1) is 0 Å². The molecule has 1 unspecified atom stereocenters. The van der Waals surface area contributed by atoms with Gasteiger partial charge in [0.2, 0.25) is 0 Å². The molecule has 0 aliphatic carbocycles. The third-order valence-electron chi connectivity index (χ3n) is 3.92. The van der Waals surface area contributed by atoms with Gasteiger partial charge in [0.05, 0.1) is 6.61 Å². The molecule has 2 rings (SSSR count). The lowest BCUT2D eigenvalue weighted by atomic mass is 10.0. The number of benzene rings is 2. The number of ether oxygens (including phenoxy) is 2. The average molecular weight is 341 g/mol. The highest BCUT2D eigenvalue weighted by molar-refractivity contribution is 5.80. The Balaban J connectivity index is 1.90. The zero-order chi connectivity index (χ0) is 18.2. The van der Waals surface area contributed by atoms with Crippen LogP contribution in [0.4, 0.5) is 0 Å². The number of rotatable bonds is 8. The first-order chi connectivity index (χ1) is 12.0. The number of amides is 1. The lowest BCUT2D eigenvalue weighted by Crippen LogP contribution is -2.36. The summed E-state index contributed by atoms with van der Waals surface area (Å²) in [5.74, 6) is 1.81. The summed E-state index contributed by atoms with van der Waals surface area (Å²) < 4.78 is 11.3. The Kier molecular flexibility index (Phi) is 6.87. The quantitative estimate of drug-likeness (QED) is 0.779. The van der Waals surface area contributed by atoms with Crippen molar-refractivity contribution < 1.29 is 14.3 Å². The third-order valence-corrected chi connectivity index (χ3v) is 3.92. The van der Waals surface area contributed by atoms with E-state index in [1.807, 2.05) is 55.5 Å². The summed E-state index contributed by atoms with van der Waals surface area (Å²) in [6.45, 7) is 9.04. The van der Waals surface area contributed by atoms with Crippen molar-refractivity contribution in [1.82, 2.24) is 5.32 Å². The maximum Gasteiger partial charge on any atom is 0.261 e. The van der Waals surface area contributed by atoms with Gasteiger partial charge >= 0.3 is 0 Å². The number of para-hydroxylation sites is 1. The number of carbonyl (C=O) groups is 1. The lowest BCUT2D eigenvalue weighted by Gasteiger charge is -2.18. The summed E-state index contributed by atoms with van der Waals surface area (Å²) in [7, 11) is 0. The molecule has 2 aromatic rings. The maximum absolute atomic E-state index is 12.3. The maximum atomic E-state index is 12.3. The molecule has 2 aromatic carbocycles. The van der Waals surface area contributed by atoms with Crippen molar-refractivity contribution in [3.05, 3.63) is 59.7 Å². The molecular formula is C21H27NO3. The Hall–Kier alpha value is -2.49. The van der Waals surface area contributed by atoms with Gasteiger partial charge in [0, 0.05) is 6.54 Å². The van der Waals surface area contributed by atoms with E-state index in [9.17, 15) is 4.79 Å². The standard InChI is InChI=1S/C21H27NO3/c1-5-24-18-12-10-17(11-13-18)14-22-21(23)16(4)25-20-9-7-6-8-19(20)15(2)3/h6-13,15-16H,5,14H2,1-4H3,(H,22,23). The molecule has 1 amide bonds. The highest BCUT2D eigenvalue weighted by atomic mass is 16.5. The summed E-state index contributed by atoms with van der Waals surface area (Å²) >= 11 is 0. The van der Waals surface area contributed by atoms with Gasteiger partial charge < -0.3 is 14.8 Å². The molecule has 0 fully saturated rings. The second-order valence-corrected chi connectivity index (χ2v) is 6.25. The molecule has 1 atom stereocenters. The van der Waals surface area contributed by atoms with Gasteiger partial charge in [0.1, 0.15) is 11.5 Å². The van der Waals surface area contributed by atoms with Gasteiger partial charge in [0.25, 0.3) is 5.91 Å². The summed E-state index contributed by atoms with van der Waals surface area (Å²) in [4.78, 5) is 12.3. The van der Waals surface area contributed by atoms with E-state index in [0.717, 1.165) is 22.6 Å². The van der Waals surface area contributed by atoms with E-state index in [1.54, 1.807) is 6.92 Å². The zero-order valence-electron chi connectivity index (χ0n) is 15.4. The first-order valence-electron chi connectivity index (χ1n) is 8.76. The van der Waals surface area contributed by atoms with E-state index >= 15 is 0 Å². The Labute approximate surface area is 150 Å². The van der Waals surface area contributed by atoms with Gasteiger partial charge in [-0.2, -0.15) is 0 Å². The van der Waals surface area contributed by atoms with Crippen molar-refractivity contribution in [1.29, 1.82) is 0 Å². The van der Waals surface area contributed by atoms with Crippen LogP contribution in [0.3, 0.4) is 0 Å².